The first-order chi connectivity index (χ1) is 5.49. The van der Waals surface area contributed by atoms with Crippen molar-refractivity contribution in [2.45, 2.75) is 43.1 Å². The Balaban J connectivity index is 2.20. The van der Waals surface area contributed by atoms with Gasteiger partial charge in [0.15, 0.2) is 0 Å². The molecule has 0 N–H and O–H groups in total. The van der Waals surface area contributed by atoms with Gasteiger partial charge in [0.25, 0.3) is 0 Å². The van der Waals surface area contributed by atoms with E-state index in [0.717, 1.165) is 6.61 Å². The third kappa shape index (κ3) is 3.58. The number of hydrogen-bond donors (Lipinski definition) is 0. The summed E-state index contributed by atoms with van der Waals surface area (Å²) in [5.74, 6) is 1.24. The van der Waals surface area contributed by atoms with Gasteiger partial charge in [-0.15, -0.1) is 23.5 Å². The van der Waals surface area contributed by atoms with Gasteiger partial charge in [0.05, 0.1) is 16.8 Å². The van der Waals surface area contributed by atoms with Gasteiger partial charge in [0, 0.05) is 11.0 Å². The zero-order valence-corrected chi connectivity index (χ0v) is 9.93. The summed E-state index contributed by atoms with van der Waals surface area (Å²) >= 11 is 4.09. The quantitative estimate of drug-likeness (QED) is 0.702. The lowest BCUT2D eigenvalue weighted by molar-refractivity contribution is 0.0826. The van der Waals surface area contributed by atoms with Crippen LogP contribution in [0.2, 0.25) is 0 Å². The average molecular weight is 206 g/mol. The van der Waals surface area contributed by atoms with E-state index in [9.17, 15) is 0 Å². The molecule has 0 aromatic rings. The molecule has 1 rings (SSSR count). The van der Waals surface area contributed by atoms with Crippen LogP contribution in [0.15, 0.2) is 0 Å². The summed E-state index contributed by atoms with van der Waals surface area (Å²) < 4.78 is 5.99. The molecular formula is C9H18OS2. The van der Waals surface area contributed by atoms with Gasteiger partial charge in [-0.2, -0.15) is 0 Å². The summed E-state index contributed by atoms with van der Waals surface area (Å²) in [4.78, 5) is 0. The molecule has 0 amide bonds. The van der Waals surface area contributed by atoms with Crippen LogP contribution < -0.4 is 0 Å². The molecule has 0 radical (unpaired) electrons. The molecule has 1 heterocycles. The van der Waals surface area contributed by atoms with Crippen LogP contribution in [0.25, 0.3) is 0 Å². The predicted octanol–water partition coefficient (Wildman–Crippen LogP) is 3.00. The Morgan fingerprint density at radius 3 is 2.58 bits per heavy atom. The Hall–Kier alpha value is 0.660. The summed E-state index contributed by atoms with van der Waals surface area (Å²) in [7, 11) is 0. The molecule has 12 heavy (non-hydrogen) atoms. The molecule has 0 saturated carbocycles. The van der Waals surface area contributed by atoms with Gasteiger partial charge in [0.1, 0.15) is 0 Å². The Bertz CT molecular complexity index is 145. The predicted molar refractivity (Wildman–Crippen MR) is 59.0 cm³/mol. The molecule has 0 aliphatic carbocycles. The third-order valence-electron chi connectivity index (χ3n) is 1.68. The molecule has 3 heteroatoms. The van der Waals surface area contributed by atoms with E-state index in [1.165, 1.54) is 5.75 Å². The Morgan fingerprint density at radius 1 is 1.50 bits per heavy atom. The van der Waals surface area contributed by atoms with Gasteiger partial charge in [-0.1, -0.05) is 0 Å². The normalized spacial score (nSPS) is 28.2. The topological polar surface area (TPSA) is 9.23 Å². The van der Waals surface area contributed by atoms with E-state index in [1.807, 2.05) is 23.5 Å². The fourth-order valence-electron chi connectivity index (χ4n) is 1.14. The van der Waals surface area contributed by atoms with Gasteiger partial charge in [-0.05, 0) is 27.7 Å². The van der Waals surface area contributed by atoms with Gasteiger partial charge in [-0.3, -0.25) is 0 Å². The van der Waals surface area contributed by atoms with Crippen molar-refractivity contribution in [3.63, 3.8) is 0 Å². The second-order valence-corrected chi connectivity index (χ2v) is 7.66. The van der Waals surface area contributed by atoms with Crippen LogP contribution in [0.1, 0.15) is 27.7 Å². The second kappa shape index (κ2) is 4.25. The van der Waals surface area contributed by atoms with E-state index in [0.29, 0.717) is 15.4 Å². The molecule has 1 atom stereocenters. The Morgan fingerprint density at radius 2 is 2.17 bits per heavy atom. The number of thioether (sulfide) groups is 2. The van der Waals surface area contributed by atoms with Crippen molar-refractivity contribution < 1.29 is 4.74 Å². The molecule has 1 nitrogen and oxygen atoms in total. The highest BCUT2D eigenvalue weighted by atomic mass is 32.2. The third-order valence-corrected chi connectivity index (χ3v) is 5.00. The first kappa shape index (κ1) is 10.7. The van der Waals surface area contributed by atoms with Crippen molar-refractivity contribution in [2.75, 3.05) is 12.4 Å². The second-order valence-electron chi connectivity index (χ2n) is 3.83. The van der Waals surface area contributed by atoms with Crippen LogP contribution in [-0.4, -0.2) is 27.8 Å². The first-order valence-corrected chi connectivity index (χ1v) is 6.29. The average Bonchev–Trinajstić information content (AvgIpc) is 2.26. The zero-order valence-electron chi connectivity index (χ0n) is 8.29. The van der Waals surface area contributed by atoms with Crippen LogP contribution in [0.4, 0.5) is 0 Å². The maximum absolute atomic E-state index is 5.58. The zero-order chi connectivity index (χ0) is 9.19. The van der Waals surface area contributed by atoms with Gasteiger partial charge in [-0.25, -0.2) is 0 Å². The van der Waals surface area contributed by atoms with E-state index in [1.54, 1.807) is 0 Å². The number of ether oxygens (including phenoxy) is 1. The Labute approximate surface area is 84.0 Å². The highest BCUT2D eigenvalue weighted by Crippen LogP contribution is 2.47. The van der Waals surface area contributed by atoms with Gasteiger partial charge < -0.3 is 4.74 Å². The lowest BCUT2D eigenvalue weighted by Gasteiger charge is -2.16. The van der Waals surface area contributed by atoms with E-state index >= 15 is 0 Å². The minimum absolute atomic E-state index is 0.374. The summed E-state index contributed by atoms with van der Waals surface area (Å²) in [5.41, 5.74) is 0. The molecule has 1 saturated heterocycles. The smallest absolute Gasteiger partial charge is 0.0597 e. The van der Waals surface area contributed by atoms with Crippen molar-refractivity contribution in [3.8, 4) is 0 Å². The molecule has 1 unspecified atom stereocenters. The van der Waals surface area contributed by atoms with Crippen LogP contribution in [0, 0.1) is 0 Å². The van der Waals surface area contributed by atoms with Crippen molar-refractivity contribution in [1.29, 1.82) is 0 Å². The highest BCUT2D eigenvalue weighted by molar-refractivity contribution is 8.21. The van der Waals surface area contributed by atoms with Crippen molar-refractivity contribution in [1.82, 2.24) is 0 Å². The maximum atomic E-state index is 5.58. The SMILES string of the molecule is CC(C)OCC1CSC(C)(C)S1. The molecule has 0 aromatic heterocycles. The van der Waals surface area contributed by atoms with E-state index in [4.69, 9.17) is 4.74 Å². The lowest BCUT2D eigenvalue weighted by atomic mass is 10.4. The fraction of sp³-hybridized carbons (Fsp3) is 1.00. The highest BCUT2D eigenvalue weighted by Gasteiger charge is 2.32. The van der Waals surface area contributed by atoms with Crippen LogP contribution in [0.5, 0.6) is 0 Å². The number of hydrogen-bond acceptors (Lipinski definition) is 3. The standard InChI is InChI=1S/C9H18OS2/c1-7(2)10-5-8-6-11-9(3,4)12-8/h7-8H,5-6H2,1-4H3. The van der Waals surface area contributed by atoms with Crippen LogP contribution in [0.3, 0.4) is 0 Å². The molecular weight excluding hydrogens is 188 g/mol. The van der Waals surface area contributed by atoms with E-state index < -0.39 is 0 Å². The van der Waals surface area contributed by atoms with E-state index in [-0.39, 0.29) is 0 Å². The molecule has 1 fully saturated rings. The first-order valence-electron chi connectivity index (χ1n) is 4.43. The summed E-state index contributed by atoms with van der Waals surface area (Å²) in [6.07, 6.45) is 0.374. The maximum Gasteiger partial charge on any atom is 0.0597 e. The van der Waals surface area contributed by atoms with E-state index in [2.05, 4.69) is 27.7 Å². The van der Waals surface area contributed by atoms with Crippen molar-refractivity contribution in [3.05, 3.63) is 0 Å². The lowest BCUT2D eigenvalue weighted by Crippen LogP contribution is -2.16. The van der Waals surface area contributed by atoms with Crippen molar-refractivity contribution >= 4 is 23.5 Å². The summed E-state index contributed by atoms with van der Waals surface area (Å²) in [5, 5.41) is 0.701. The molecule has 1 aliphatic rings. The fourth-order valence-corrected chi connectivity index (χ4v) is 4.14. The van der Waals surface area contributed by atoms with Crippen LogP contribution in [-0.2, 0) is 4.74 Å². The monoisotopic (exact) mass is 206 g/mol. The summed E-state index contributed by atoms with van der Waals surface area (Å²) in [6, 6.07) is 0. The van der Waals surface area contributed by atoms with Crippen molar-refractivity contribution in [2.24, 2.45) is 0 Å². The Kier molecular flexibility index (Phi) is 3.80. The van der Waals surface area contributed by atoms with Crippen LogP contribution >= 0.6 is 23.5 Å². The molecule has 0 spiro atoms. The summed E-state index contributed by atoms with van der Waals surface area (Å²) in [6.45, 7) is 9.68. The largest absolute Gasteiger partial charge is 0.378 e. The van der Waals surface area contributed by atoms with Gasteiger partial charge in [0.2, 0.25) is 0 Å². The molecule has 1 aliphatic heterocycles. The van der Waals surface area contributed by atoms with Gasteiger partial charge >= 0.3 is 0 Å². The minimum atomic E-state index is 0.374. The molecule has 0 aromatic carbocycles. The molecule has 0 bridgehead atoms. The molecule has 72 valence electrons. The minimum Gasteiger partial charge on any atom is -0.378 e. The number of rotatable bonds is 3.